The number of aromatic nitrogens is 2. The number of ether oxygens (including phenoxy) is 1. The van der Waals surface area contributed by atoms with Crippen molar-refractivity contribution in [3.8, 4) is 5.75 Å². The Morgan fingerprint density at radius 1 is 1.23 bits per heavy atom. The highest BCUT2D eigenvalue weighted by Crippen LogP contribution is 2.34. The molecule has 0 saturated carbocycles. The van der Waals surface area contributed by atoms with Crippen molar-refractivity contribution >= 4 is 45.6 Å². The molecule has 5 nitrogen and oxygen atoms in total. The number of amides is 1. The molecule has 0 aliphatic carbocycles. The maximum Gasteiger partial charge on any atom is 0.257 e. The summed E-state index contributed by atoms with van der Waals surface area (Å²) in [6.45, 7) is 6.88. The van der Waals surface area contributed by atoms with E-state index in [1.165, 1.54) is 11.3 Å². The Balaban J connectivity index is 2.03. The van der Waals surface area contributed by atoms with E-state index >= 15 is 0 Å². The molecule has 0 spiro atoms. The van der Waals surface area contributed by atoms with Crippen molar-refractivity contribution in [1.29, 1.82) is 0 Å². The summed E-state index contributed by atoms with van der Waals surface area (Å²) in [4.78, 5) is 12.4. The third kappa shape index (κ3) is 6.11. The van der Waals surface area contributed by atoms with Crippen molar-refractivity contribution < 1.29 is 9.53 Å². The number of carbonyl (C=O) groups is 1. The Kier molecular flexibility index (Phi) is 8.13. The molecule has 0 bridgehead atoms. The summed E-state index contributed by atoms with van der Waals surface area (Å²) >= 11 is 13.8. The van der Waals surface area contributed by atoms with Crippen molar-refractivity contribution in [2.45, 2.75) is 46.5 Å². The number of hydrogen-bond acceptors (Lipinski definition) is 5. The summed E-state index contributed by atoms with van der Waals surface area (Å²) in [5.74, 6) is 0.559. The number of nitrogens with zero attached hydrogens (tertiary/aromatic N) is 2. The van der Waals surface area contributed by atoms with Crippen molar-refractivity contribution in [1.82, 2.24) is 10.2 Å². The fourth-order valence-electron chi connectivity index (χ4n) is 2.26. The van der Waals surface area contributed by atoms with Gasteiger partial charge < -0.3 is 4.74 Å². The number of hydrogen-bond donors (Lipinski definition) is 1. The van der Waals surface area contributed by atoms with Crippen LogP contribution in [-0.4, -0.2) is 22.7 Å². The predicted octanol–water partition coefficient (Wildman–Crippen LogP) is 5.86. The molecule has 0 aliphatic rings. The van der Waals surface area contributed by atoms with Gasteiger partial charge in [0.2, 0.25) is 5.13 Å². The van der Waals surface area contributed by atoms with Gasteiger partial charge in [-0.15, -0.1) is 10.2 Å². The normalized spacial score (nSPS) is 11.0. The van der Waals surface area contributed by atoms with Gasteiger partial charge in [0.1, 0.15) is 5.01 Å². The van der Waals surface area contributed by atoms with Crippen molar-refractivity contribution in [2.24, 2.45) is 5.92 Å². The van der Waals surface area contributed by atoms with Gasteiger partial charge in [-0.3, -0.25) is 10.1 Å². The first-order valence-electron chi connectivity index (χ1n) is 8.66. The van der Waals surface area contributed by atoms with Crippen LogP contribution in [-0.2, 0) is 6.42 Å². The van der Waals surface area contributed by atoms with E-state index in [4.69, 9.17) is 27.9 Å². The van der Waals surface area contributed by atoms with Crippen LogP contribution in [0.25, 0.3) is 0 Å². The van der Waals surface area contributed by atoms with Crippen LogP contribution in [0.2, 0.25) is 10.0 Å². The Hall–Kier alpha value is -1.37. The number of benzene rings is 1. The minimum Gasteiger partial charge on any atom is -0.490 e. The summed E-state index contributed by atoms with van der Waals surface area (Å²) in [5, 5.41) is 12.8. The SMILES string of the molecule is CCCCCOc1c(Cl)cc(C(=O)Nc2nnc(CC(C)C)s2)cc1Cl. The fraction of sp³-hybridized carbons (Fsp3) is 0.500. The van der Waals surface area contributed by atoms with E-state index in [-0.39, 0.29) is 5.91 Å². The molecule has 0 atom stereocenters. The van der Waals surface area contributed by atoms with Gasteiger partial charge in [-0.05, 0) is 24.5 Å². The lowest BCUT2D eigenvalue weighted by molar-refractivity contribution is 0.102. The third-order valence-electron chi connectivity index (χ3n) is 3.52. The van der Waals surface area contributed by atoms with E-state index in [0.29, 0.717) is 39.0 Å². The van der Waals surface area contributed by atoms with Crippen LogP contribution in [0.4, 0.5) is 5.13 Å². The number of halogens is 2. The Morgan fingerprint density at radius 3 is 2.54 bits per heavy atom. The highest BCUT2D eigenvalue weighted by molar-refractivity contribution is 7.15. The molecule has 0 saturated heterocycles. The molecular weight excluding hydrogens is 393 g/mol. The zero-order valence-corrected chi connectivity index (χ0v) is 17.5. The van der Waals surface area contributed by atoms with Gasteiger partial charge in [0.15, 0.2) is 5.75 Å². The summed E-state index contributed by atoms with van der Waals surface area (Å²) in [6.07, 6.45) is 3.95. The highest BCUT2D eigenvalue weighted by atomic mass is 35.5. The van der Waals surface area contributed by atoms with Crippen molar-refractivity contribution in [3.05, 3.63) is 32.7 Å². The van der Waals surface area contributed by atoms with E-state index in [2.05, 4.69) is 36.3 Å². The van der Waals surface area contributed by atoms with E-state index in [9.17, 15) is 4.79 Å². The van der Waals surface area contributed by atoms with E-state index in [1.807, 2.05) is 0 Å². The summed E-state index contributed by atoms with van der Waals surface area (Å²) < 4.78 is 5.65. The first-order valence-corrected chi connectivity index (χ1v) is 10.2. The smallest absolute Gasteiger partial charge is 0.257 e. The van der Waals surface area contributed by atoms with Gasteiger partial charge in [-0.2, -0.15) is 0 Å². The quantitative estimate of drug-likeness (QED) is 0.520. The summed E-state index contributed by atoms with van der Waals surface area (Å²) in [7, 11) is 0. The van der Waals surface area contributed by atoms with Gasteiger partial charge >= 0.3 is 0 Å². The molecule has 0 aliphatic heterocycles. The first-order chi connectivity index (χ1) is 12.4. The Bertz CT molecular complexity index is 727. The van der Waals surface area contributed by atoms with Gasteiger partial charge in [0, 0.05) is 12.0 Å². The molecule has 1 aromatic heterocycles. The van der Waals surface area contributed by atoms with E-state index in [0.717, 1.165) is 30.7 Å². The molecule has 8 heteroatoms. The second-order valence-electron chi connectivity index (χ2n) is 6.38. The average molecular weight is 416 g/mol. The van der Waals surface area contributed by atoms with E-state index < -0.39 is 0 Å². The lowest BCUT2D eigenvalue weighted by atomic mass is 10.1. The molecule has 26 heavy (non-hydrogen) atoms. The number of rotatable bonds is 9. The largest absolute Gasteiger partial charge is 0.490 e. The average Bonchev–Trinajstić information content (AvgIpc) is 2.99. The Morgan fingerprint density at radius 2 is 1.92 bits per heavy atom. The number of anilines is 1. The van der Waals surface area contributed by atoms with Crippen LogP contribution < -0.4 is 10.1 Å². The minimum absolute atomic E-state index is 0.317. The molecular formula is C18H23Cl2N3O2S. The second-order valence-corrected chi connectivity index (χ2v) is 8.25. The first kappa shape index (κ1) is 20.9. The van der Waals surface area contributed by atoms with Gasteiger partial charge in [-0.25, -0.2) is 0 Å². The molecule has 2 rings (SSSR count). The monoisotopic (exact) mass is 415 g/mol. The van der Waals surface area contributed by atoms with Crippen LogP contribution in [0.1, 0.15) is 55.4 Å². The minimum atomic E-state index is -0.335. The predicted molar refractivity (Wildman–Crippen MR) is 108 cm³/mol. The molecule has 1 heterocycles. The topological polar surface area (TPSA) is 64.1 Å². The standard InChI is InChI=1S/C18H23Cl2N3O2S/c1-4-5-6-7-25-16-13(19)9-12(10-14(16)20)17(24)21-18-23-22-15(26-18)8-11(2)3/h9-11H,4-8H2,1-3H3,(H,21,23,24). The molecule has 1 amide bonds. The maximum absolute atomic E-state index is 12.4. The van der Waals surface area contributed by atoms with E-state index in [1.54, 1.807) is 12.1 Å². The Labute approximate surface area is 168 Å². The fourth-order valence-corrected chi connectivity index (χ4v) is 3.80. The second kappa shape index (κ2) is 10.1. The summed E-state index contributed by atoms with van der Waals surface area (Å²) in [5.41, 5.74) is 0.349. The molecule has 0 unspecified atom stereocenters. The number of unbranched alkanes of at least 4 members (excludes halogenated alkanes) is 2. The molecule has 0 fully saturated rings. The number of carbonyl (C=O) groups excluding carboxylic acids is 1. The lowest BCUT2D eigenvalue weighted by Crippen LogP contribution is -2.12. The van der Waals surface area contributed by atoms with Crippen LogP contribution in [0.15, 0.2) is 12.1 Å². The number of nitrogens with one attached hydrogen (secondary N) is 1. The van der Waals surface area contributed by atoms with Crippen LogP contribution in [0, 0.1) is 5.92 Å². The molecule has 2 aromatic rings. The molecule has 1 aromatic carbocycles. The van der Waals surface area contributed by atoms with Crippen molar-refractivity contribution in [3.63, 3.8) is 0 Å². The molecule has 142 valence electrons. The van der Waals surface area contributed by atoms with Crippen LogP contribution in [0.5, 0.6) is 5.75 Å². The zero-order chi connectivity index (χ0) is 19.1. The highest BCUT2D eigenvalue weighted by Gasteiger charge is 2.16. The zero-order valence-electron chi connectivity index (χ0n) is 15.1. The van der Waals surface area contributed by atoms with Crippen LogP contribution in [0.3, 0.4) is 0 Å². The van der Waals surface area contributed by atoms with Gasteiger partial charge in [0.05, 0.1) is 16.7 Å². The van der Waals surface area contributed by atoms with Gasteiger partial charge in [0.25, 0.3) is 5.91 Å². The third-order valence-corrected chi connectivity index (χ3v) is 4.95. The molecule has 0 radical (unpaired) electrons. The summed E-state index contributed by atoms with van der Waals surface area (Å²) in [6, 6.07) is 3.10. The maximum atomic E-state index is 12.4. The molecule has 1 N–H and O–H groups in total. The van der Waals surface area contributed by atoms with Gasteiger partial charge in [-0.1, -0.05) is 68.2 Å². The van der Waals surface area contributed by atoms with Crippen molar-refractivity contribution in [2.75, 3.05) is 11.9 Å². The van der Waals surface area contributed by atoms with Crippen LogP contribution >= 0.6 is 34.5 Å². The lowest BCUT2D eigenvalue weighted by Gasteiger charge is -2.11.